The topological polar surface area (TPSA) is 75.4 Å². The summed E-state index contributed by atoms with van der Waals surface area (Å²) in [6, 6.07) is -0.235. The van der Waals surface area contributed by atoms with Crippen molar-refractivity contribution >= 4 is 11.8 Å². The molecule has 14 heavy (non-hydrogen) atoms. The number of hydrogen-bond donors (Lipinski definition) is 2. The van der Waals surface area contributed by atoms with Gasteiger partial charge in [-0.1, -0.05) is 6.92 Å². The summed E-state index contributed by atoms with van der Waals surface area (Å²) in [7, 11) is 0. The predicted molar refractivity (Wildman–Crippen MR) is 52.5 cm³/mol. The van der Waals surface area contributed by atoms with E-state index in [2.05, 4.69) is 5.32 Å². The summed E-state index contributed by atoms with van der Waals surface area (Å²) in [5, 5.41) is 2.32. The van der Waals surface area contributed by atoms with E-state index in [9.17, 15) is 9.59 Å². The molecule has 1 saturated heterocycles. The van der Waals surface area contributed by atoms with Crippen molar-refractivity contribution in [3.63, 3.8) is 0 Å². The van der Waals surface area contributed by atoms with Crippen LogP contribution < -0.4 is 11.1 Å². The maximum atomic E-state index is 11.4. The minimum absolute atomic E-state index is 0.0252. The lowest BCUT2D eigenvalue weighted by Gasteiger charge is -2.34. The number of amides is 2. The van der Waals surface area contributed by atoms with Gasteiger partial charge < -0.3 is 5.73 Å². The lowest BCUT2D eigenvalue weighted by molar-refractivity contribution is -0.140. The molecule has 1 fully saturated rings. The number of nitrogens with two attached hydrogens (primary N) is 1. The molecule has 5 heteroatoms. The molecule has 1 aliphatic rings. The summed E-state index contributed by atoms with van der Waals surface area (Å²) in [6.45, 7) is 4.64. The predicted octanol–water partition coefficient (Wildman–Crippen LogP) is -0.929. The van der Waals surface area contributed by atoms with Crippen LogP contribution in [0.4, 0.5) is 0 Å². The Kier molecular flexibility index (Phi) is 3.60. The van der Waals surface area contributed by atoms with E-state index in [1.165, 1.54) is 0 Å². The summed E-state index contributed by atoms with van der Waals surface area (Å²) in [5.41, 5.74) is 5.65. The first-order valence-electron chi connectivity index (χ1n) is 4.88. The molecule has 80 valence electrons. The average Bonchev–Trinajstić information content (AvgIpc) is 2.01. The lowest BCUT2D eigenvalue weighted by Crippen LogP contribution is -2.59. The summed E-state index contributed by atoms with van der Waals surface area (Å²) in [4.78, 5) is 24.4. The first kappa shape index (κ1) is 11.1. The molecule has 0 aromatic rings. The molecule has 5 nitrogen and oxygen atoms in total. The molecule has 0 aromatic heterocycles. The fourth-order valence-electron chi connectivity index (χ4n) is 1.73. The van der Waals surface area contributed by atoms with E-state index in [-0.39, 0.29) is 30.4 Å². The standard InChI is InChI=1S/C9H17N3O2/c1-3-7-9(14)11-8(13)5-12(7)4-6(2)10/h6-7H,3-5,10H2,1-2H3,(H,11,13,14). The van der Waals surface area contributed by atoms with Gasteiger partial charge in [-0.15, -0.1) is 0 Å². The van der Waals surface area contributed by atoms with Gasteiger partial charge in [0.1, 0.15) is 0 Å². The quantitative estimate of drug-likeness (QED) is 0.576. The first-order valence-corrected chi connectivity index (χ1v) is 4.88. The van der Waals surface area contributed by atoms with Gasteiger partial charge in [0.05, 0.1) is 12.6 Å². The summed E-state index contributed by atoms with van der Waals surface area (Å²) in [6.07, 6.45) is 0.700. The largest absolute Gasteiger partial charge is 0.327 e. The van der Waals surface area contributed by atoms with Crippen LogP contribution in [0.2, 0.25) is 0 Å². The smallest absolute Gasteiger partial charge is 0.243 e. The maximum Gasteiger partial charge on any atom is 0.243 e. The van der Waals surface area contributed by atoms with Crippen LogP contribution in [0, 0.1) is 0 Å². The third kappa shape index (κ3) is 2.52. The van der Waals surface area contributed by atoms with E-state index in [4.69, 9.17) is 5.73 Å². The van der Waals surface area contributed by atoms with Crippen LogP contribution >= 0.6 is 0 Å². The van der Waals surface area contributed by atoms with Gasteiger partial charge in [0.2, 0.25) is 11.8 Å². The van der Waals surface area contributed by atoms with Gasteiger partial charge in [0.15, 0.2) is 0 Å². The van der Waals surface area contributed by atoms with E-state index in [1.54, 1.807) is 0 Å². The van der Waals surface area contributed by atoms with Gasteiger partial charge in [-0.05, 0) is 13.3 Å². The van der Waals surface area contributed by atoms with Gasteiger partial charge in [-0.25, -0.2) is 0 Å². The van der Waals surface area contributed by atoms with Gasteiger partial charge in [0, 0.05) is 12.6 Å². The molecule has 0 aliphatic carbocycles. The lowest BCUT2D eigenvalue weighted by atomic mass is 10.1. The van der Waals surface area contributed by atoms with Gasteiger partial charge in [-0.2, -0.15) is 0 Å². The molecule has 0 bridgehead atoms. The Morgan fingerprint density at radius 3 is 2.79 bits per heavy atom. The number of nitrogens with one attached hydrogen (secondary N) is 1. The Balaban J connectivity index is 2.67. The van der Waals surface area contributed by atoms with Crippen molar-refractivity contribution < 1.29 is 9.59 Å². The van der Waals surface area contributed by atoms with Crippen molar-refractivity contribution in [2.75, 3.05) is 13.1 Å². The van der Waals surface area contributed by atoms with E-state index < -0.39 is 0 Å². The molecule has 3 N–H and O–H groups in total. The molecule has 0 radical (unpaired) electrons. The van der Waals surface area contributed by atoms with Crippen molar-refractivity contribution in [2.45, 2.75) is 32.4 Å². The van der Waals surface area contributed by atoms with Gasteiger partial charge >= 0.3 is 0 Å². The van der Waals surface area contributed by atoms with Gasteiger partial charge in [-0.3, -0.25) is 19.8 Å². The minimum atomic E-state index is -0.236. The molecular weight excluding hydrogens is 182 g/mol. The number of carbonyl (C=O) groups excluding carboxylic acids is 2. The number of nitrogens with zero attached hydrogens (tertiary/aromatic N) is 1. The zero-order valence-corrected chi connectivity index (χ0v) is 8.62. The Hall–Kier alpha value is -0.940. The number of rotatable bonds is 3. The molecule has 1 rings (SSSR count). The van der Waals surface area contributed by atoms with E-state index in [0.29, 0.717) is 13.0 Å². The van der Waals surface area contributed by atoms with E-state index >= 15 is 0 Å². The molecular formula is C9H17N3O2. The minimum Gasteiger partial charge on any atom is -0.327 e. The third-order valence-electron chi connectivity index (χ3n) is 2.26. The molecule has 0 spiro atoms. The number of hydrogen-bond acceptors (Lipinski definition) is 4. The number of carbonyl (C=O) groups is 2. The van der Waals surface area contributed by atoms with Crippen molar-refractivity contribution in [2.24, 2.45) is 5.73 Å². The maximum absolute atomic E-state index is 11.4. The second-order valence-electron chi connectivity index (χ2n) is 3.74. The Labute approximate surface area is 83.6 Å². The third-order valence-corrected chi connectivity index (χ3v) is 2.26. The van der Waals surface area contributed by atoms with Crippen molar-refractivity contribution in [3.05, 3.63) is 0 Å². The molecule has 1 aliphatic heterocycles. The average molecular weight is 199 g/mol. The van der Waals surface area contributed by atoms with Crippen molar-refractivity contribution in [1.82, 2.24) is 10.2 Å². The first-order chi connectivity index (χ1) is 6.54. The van der Waals surface area contributed by atoms with Crippen molar-refractivity contribution in [3.8, 4) is 0 Å². The SMILES string of the molecule is CCC1C(=O)NC(=O)CN1CC(C)N. The van der Waals surface area contributed by atoms with Crippen molar-refractivity contribution in [1.29, 1.82) is 0 Å². The number of piperazine rings is 1. The fourth-order valence-corrected chi connectivity index (χ4v) is 1.73. The summed E-state index contributed by atoms with van der Waals surface area (Å²) >= 11 is 0. The Bertz CT molecular complexity index is 240. The summed E-state index contributed by atoms with van der Waals surface area (Å²) < 4.78 is 0. The van der Waals surface area contributed by atoms with E-state index in [0.717, 1.165) is 0 Å². The monoisotopic (exact) mass is 199 g/mol. The van der Waals surface area contributed by atoms with Crippen LogP contribution in [-0.2, 0) is 9.59 Å². The zero-order chi connectivity index (χ0) is 10.7. The highest BCUT2D eigenvalue weighted by atomic mass is 16.2. The highest BCUT2D eigenvalue weighted by molar-refractivity contribution is 6.01. The van der Waals surface area contributed by atoms with Gasteiger partial charge in [0.25, 0.3) is 0 Å². The Morgan fingerprint density at radius 1 is 1.64 bits per heavy atom. The molecule has 2 atom stereocenters. The van der Waals surface area contributed by atoms with Crippen LogP contribution in [0.5, 0.6) is 0 Å². The highest BCUT2D eigenvalue weighted by Gasteiger charge is 2.32. The number of imide groups is 1. The van der Waals surface area contributed by atoms with Crippen LogP contribution in [0.25, 0.3) is 0 Å². The molecule has 0 saturated carbocycles. The molecule has 1 heterocycles. The summed E-state index contributed by atoms with van der Waals surface area (Å²) in [5.74, 6) is -0.440. The van der Waals surface area contributed by atoms with Crippen LogP contribution in [0.1, 0.15) is 20.3 Å². The Morgan fingerprint density at radius 2 is 2.29 bits per heavy atom. The molecule has 0 aromatic carbocycles. The van der Waals surface area contributed by atoms with Crippen LogP contribution in [0.3, 0.4) is 0 Å². The second-order valence-corrected chi connectivity index (χ2v) is 3.74. The molecule has 2 unspecified atom stereocenters. The van der Waals surface area contributed by atoms with E-state index in [1.807, 2.05) is 18.7 Å². The van der Waals surface area contributed by atoms with Crippen LogP contribution in [0.15, 0.2) is 0 Å². The fraction of sp³-hybridized carbons (Fsp3) is 0.778. The second kappa shape index (κ2) is 4.52. The normalized spacial score (nSPS) is 26.1. The highest BCUT2D eigenvalue weighted by Crippen LogP contribution is 2.08. The zero-order valence-electron chi connectivity index (χ0n) is 8.62. The molecule has 2 amide bonds. The van der Waals surface area contributed by atoms with Crippen LogP contribution in [-0.4, -0.2) is 41.9 Å².